The van der Waals surface area contributed by atoms with Crippen LogP contribution in [-0.4, -0.2) is 31.8 Å². The van der Waals surface area contributed by atoms with Crippen molar-refractivity contribution in [3.05, 3.63) is 76.9 Å². The number of rotatable bonds is 9. The number of methoxy groups -OCH3 is 1. The smallest absolute Gasteiger partial charge is 0.330 e. The molecule has 2 saturated carbocycles. The fourth-order valence-corrected chi connectivity index (χ4v) is 8.12. The molecular weight excluding hydrogens is 512 g/mol. The monoisotopic (exact) mass is 556 g/mol. The standard InChI is InChI=1S/C36H44O5/c1-5-40-34(38)19-14-26-12-10-25(11-13-26)8-6-7-9-27-22-28-23-29(39-4)15-16-30(28)31-20-21-36(3)32(35(27)31)17-18-33(36)41-24(2)37/h6,8,10-16,19,23,27,31-33,35H,5,7,9,17-18,20-22H2,1-4H3/t27-,31-,32+,33+,35-,36+/m1/s1. The summed E-state index contributed by atoms with van der Waals surface area (Å²) in [6.07, 6.45) is 15.4. The van der Waals surface area contributed by atoms with Crippen molar-refractivity contribution < 1.29 is 23.8 Å². The average Bonchev–Trinajstić information content (AvgIpc) is 3.29. The molecule has 3 aliphatic carbocycles. The Bertz CT molecular complexity index is 1290. The quantitative estimate of drug-likeness (QED) is 0.233. The molecule has 0 N–H and O–H groups in total. The van der Waals surface area contributed by atoms with Gasteiger partial charge in [-0.15, -0.1) is 0 Å². The van der Waals surface area contributed by atoms with Crippen LogP contribution in [-0.2, 0) is 25.5 Å². The van der Waals surface area contributed by atoms with Gasteiger partial charge in [0.1, 0.15) is 11.9 Å². The average molecular weight is 557 g/mol. The summed E-state index contributed by atoms with van der Waals surface area (Å²) in [5.74, 6) is 2.80. The van der Waals surface area contributed by atoms with E-state index in [4.69, 9.17) is 14.2 Å². The van der Waals surface area contributed by atoms with Gasteiger partial charge in [-0.3, -0.25) is 4.79 Å². The molecule has 0 bridgehead atoms. The van der Waals surface area contributed by atoms with Gasteiger partial charge in [0.2, 0.25) is 0 Å². The Balaban J connectivity index is 1.30. The predicted octanol–water partition coefficient (Wildman–Crippen LogP) is 7.78. The third kappa shape index (κ3) is 6.29. The number of ether oxygens (including phenoxy) is 3. The molecule has 0 aliphatic heterocycles. The molecule has 2 aromatic carbocycles. The largest absolute Gasteiger partial charge is 0.497 e. The summed E-state index contributed by atoms with van der Waals surface area (Å²) in [7, 11) is 1.75. The fourth-order valence-electron chi connectivity index (χ4n) is 8.12. The molecule has 0 spiro atoms. The topological polar surface area (TPSA) is 61.8 Å². The number of allylic oxidation sites excluding steroid dienone is 1. The lowest BCUT2D eigenvalue weighted by Crippen LogP contribution is -2.48. The molecule has 5 rings (SSSR count). The van der Waals surface area contributed by atoms with E-state index in [0.717, 1.165) is 61.8 Å². The molecule has 2 fully saturated rings. The van der Waals surface area contributed by atoms with Gasteiger partial charge in [0.15, 0.2) is 0 Å². The zero-order valence-corrected chi connectivity index (χ0v) is 24.9. The molecule has 5 heteroatoms. The molecule has 0 amide bonds. The first-order valence-corrected chi connectivity index (χ1v) is 15.3. The minimum Gasteiger partial charge on any atom is -0.497 e. The van der Waals surface area contributed by atoms with E-state index in [-0.39, 0.29) is 23.5 Å². The Kier molecular flexibility index (Phi) is 9.01. The zero-order chi connectivity index (χ0) is 29.0. The molecule has 0 heterocycles. The van der Waals surface area contributed by atoms with Crippen LogP contribution in [0, 0.1) is 23.2 Å². The van der Waals surface area contributed by atoms with Crippen LogP contribution < -0.4 is 4.74 Å². The molecule has 41 heavy (non-hydrogen) atoms. The van der Waals surface area contributed by atoms with E-state index in [1.165, 1.54) is 17.2 Å². The van der Waals surface area contributed by atoms with Gasteiger partial charge in [0.25, 0.3) is 0 Å². The van der Waals surface area contributed by atoms with Crippen LogP contribution in [0.5, 0.6) is 5.75 Å². The van der Waals surface area contributed by atoms with E-state index in [2.05, 4.69) is 49.4 Å². The Hall–Kier alpha value is -3.34. The summed E-state index contributed by atoms with van der Waals surface area (Å²) >= 11 is 0. The SMILES string of the molecule is CCOC(=O)C=Cc1ccc(C=CCC[C@@H]2Cc3cc(OC)ccc3[C@H]3CC[C@]4(C)[C@@H](OC(C)=O)CC[C@H]4[C@H]23)cc1. The highest BCUT2D eigenvalue weighted by Gasteiger charge is 2.57. The van der Waals surface area contributed by atoms with Gasteiger partial charge >= 0.3 is 11.9 Å². The molecule has 3 aliphatic rings. The number of carbonyl (C=O) groups excluding carboxylic acids is 2. The molecule has 0 radical (unpaired) electrons. The summed E-state index contributed by atoms with van der Waals surface area (Å²) in [4.78, 5) is 23.5. The van der Waals surface area contributed by atoms with Gasteiger partial charge in [-0.25, -0.2) is 4.79 Å². The van der Waals surface area contributed by atoms with E-state index in [1.807, 2.05) is 12.1 Å². The second kappa shape index (κ2) is 12.7. The Labute approximate surface area is 245 Å². The number of hydrogen-bond acceptors (Lipinski definition) is 5. The van der Waals surface area contributed by atoms with Crippen molar-refractivity contribution in [1.82, 2.24) is 0 Å². The molecule has 5 nitrogen and oxygen atoms in total. The Morgan fingerprint density at radius 3 is 2.49 bits per heavy atom. The van der Waals surface area contributed by atoms with E-state index in [9.17, 15) is 9.59 Å². The summed E-state index contributed by atoms with van der Waals surface area (Å²) in [6, 6.07) is 14.9. The second-order valence-corrected chi connectivity index (χ2v) is 12.3. The molecule has 0 aromatic heterocycles. The van der Waals surface area contributed by atoms with Crippen LogP contribution in [0.3, 0.4) is 0 Å². The molecule has 0 saturated heterocycles. The number of esters is 2. The summed E-state index contributed by atoms with van der Waals surface area (Å²) < 4.78 is 16.4. The van der Waals surface area contributed by atoms with Crippen molar-refractivity contribution in [2.75, 3.05) is 13.7 Å². The van der Waals surface area contributed by atoms with Crippen molar-refractivity contribution in [3.8, 4) is 5.75 Å². The zero-order valence-electron chi connectivity index (χ0n) is 24.9. The van der Waals surface area contributed by atoms with Crippen molar-refractivity contribution >= 4 is 24.1 Å². The lowest BCUT2D eigenvalue weighted by molar-refractivity contribution is -0.155. The highest BCUT2D eigenvalue weighted by molar-refractivity contribution is 5.87. The Morgan fingerprint density at radius 2 is 1.78 bits per heavy atom. The molecular formula is C36H44O5. The molecule has 218 valence electrons. The second-order valence-electron chi connectivity index (χ2n) is 12.3. The van der Waals surface area contributed by atoms with Crippen molar-refractivity contribution in [2.45, 2.75) is 77.7 Å². The van der Waals surface area contributed by atoms with Gasteiger partial charge < -0.3 is 14.2 Å². The van der Waals surface area contributed by atoms with E-state index in [1.54, 1.807) is 27.0 Å². The minimum atomic E-state index is -0.319. The van der Waals surface area contributed by atoms with Crippen LogP contribution in [0.4, 0.5) is 0 Å². The maximum atomic E-state index is 11.9. The maximum absolute atomic E-state index is 11.9. The van der Waals surface area contributed by atoms with Crippen LogP contribution in [0.25, 0.3) is 12.2 Å². The minimum absolute atomic E-state index is 0.0406. The fraction of sp³-hybridized carbons (Fsp3) is 0.500. The lowest BCUT2D eigenvalue weighted by atomic mass is 9.52. The van der Waals surface area contributed by atoms with E-state index >= 15 is 0 Å². The van der Waals surface area contributed by atoms with E-state index < -0.39 is 0 Å². The number of benzene rings is 2. The highest BCUT2D eigenvalue weighted by atomic mass is 16.5. The first kappa shape index (κ1) is 29.2. The molecule has 6 atom stereocenters. The lowest BCUT2D eigenvalue weighted by Gasteiger charge is -2.53. The third-order valence-corrected chi connectivity index (χ3v) is 9.98. The van der Waals surface area contributed by atoms with Crippen LogP contribution in [0.1, 0.15) is 87.5 Å². The van der Waals surface area contributed by atoms with Crippen molar-refractivity contribution in [2.24, 2.45) is 23.2 Å². The third-order valence-electron chi connectivity index (χ3n) is 9.98. The van der Waals surface area contributed by atoms with Crippen LogP contribution in [0.15, 0.2) is 54.6 Å². The molecule has 0 unspecified atom stereocenters. The van der Waals surface area contributed by atoms with Gasteiger partial charge in [-0.2, -0.15) is 0 Å². The maximum Gasteiger partial charge on any atom is 0.330 e. The molecule has 2 aromatic rings. The van der Waals surface area contributed by atoms with Crippen LogP contribution >= 0.6 is 0 Å². The number of carbonyl (C=O) groups is 2. The summed E-state index contributed by atoms with van der Waals surface area (Å²) in [6.45, 7) is 6.12. The summed E-state index contributed by atoms with van der Waals surface area (Å²) in [5, 5.41) is 0. The predicted molar refractivity (Wildman–Crippen MR) is 162 cm³/mol. The van der Waals surface area contributed by atoms with E-state index in [0.29, 0.717) is 30.3 Å². The van der Waals surface area contributed by atoms with Gasteiger partial charge in [0.05, 0.1) is 13.7 Å². The summed E-state index contributed by atoms with van der Waals surface area (Å²) in [5.41, 5.74) is 5.15. The van der Waals surface area contributed by atoms with Crippen molar-refractivity contribution in [1.29, 1.82) is 0 Å². The van der Waals surface area contributed by atoms with Crippen molar-refractivity contribution in [3.63, 3.8) is 0 Å². The normalized spacial score (nSPS) is 28.6. The number of fused-ring (bicyclic) bond motifs is 5. The van der Waals surface area contributed by atoms with Gasteiger partial charge in [-0.1, -0.05) is 49.4 Å². The van der Waals surface area contributed by atoms with Gasteiger partial charge in [0, 0.05) is 18.4 Å². The first-order chi connectivity index (χ1) is 19.8. The first-order valence-electron chi connectivity index (χ1n) is 15.3. The van der Waals surface area contributed by atoms with Gasteiger partial charge in [-0.05, 0) is 116 Å². The van der Waals surface area contributed by atoms with Crippen LogP contribution in [0.2, 0.25) is 0 Å². The Morgan fingerprint density at radius 1 is 1.02 bits per heavy atom. The number of hydrogen-bond donors (Lipinski definition) is 0. The highest BCUT2D eigenvalue weighted by Crippen LogP contribution is 2.63.